The molecule has 0 spiro atoms. The van der Waals surface area contributed by atoms with Crippen LogP contribution in [-0.4, -0.2) is 25.2 Å². The first kappa shape index (κ1) is 22.3. The maximum absolute atomic E-state index is 13.4. The number of esters is 2. The normalized spacial score (nSPS) is 17.7. The number of anilines is 1. The molecule has 0 fully saturated rings. The van der Waals surface area contributed by atoms with Gasteiger partial charge >= 0.3 is 11.9 Å². The number of benzene rings is 3. The topological polar surface area (TPSA) is 55.8 Å². The van der Waals surface area contributed by atoms with Gasteiger partial charge in [-0.25, -0.2) is 9.59 Å². The molecule has 1 aliphatic rings. The minimum absolute atomic E-state index is 0.210. The molecule has 0 radical (unpaired) electrons. The number of nitrogens with zero attached hydrogens (tertiary/aromatic N) is 1. The SMILES string of the molecule is CCOC(=O)C1=C(C(=O)OCC)[C@H](c2ccccc2)N(c2ccccc2)[C@H]1c1ccccc1. The van der Waals surface area contributed by atoms with Crippen molar-refractivity contribution in [3.63, 3.8) is 0 Å². The first-order valence-electron chi connectivity index (χ1n) is 11.2. The monoisotopic (exact) mass is 441 g/mol. The summed E-state index contributed by atoms with van der Waals surface area (Å²) in [5.74, 6) is -1.01. The van der Waals surface area contributed by atoms with Crippen molar-refractivity contribution in [3.05, 3.63) is 113 Å². The van der Waals surface area contributed by atoms with Crippen LogP contribution in [0.5, 0.6) is 0 Å². The molecule has 0 saturated heterocycles. The lowest BCUT2D eigenvalue weighted by Crippen LogP contribution is -2.30. The lowest BCUT2D eigenvalue weighted by atomic mass is 9.95. The first-order valence-corrected chi connectivity index (χ1v) is 11.2. The van der Waals surface area contributed by atoms with E-state index >= 15 is 0 Å². The lowest BCUT2D eigenvalue weighted by molar-refractivity contribution is -0.141. The highest BCUT2D eigenvalue weighted by Crippen LogP contribution is 2.51. The predicted octanol–water partition coefficient (Wildman–Crippen LogP) is 5.41. The largest absolute Gasteiger partial charge is 0.463 e. The van der Waals surface area contributed by atoms with Crippen LogP contribution < -0.4 is 4.90 Å². The molecule has 5 heteroatoms. The molecule has 0 aliphatic carbocycles. The fraction of sp³-hybridized carbons (Fsp3) is 0.214. The van der Waals surface area contributed by atoms with Gasteiger partial charge in [0.25, 0.3) is 0 Å². The zero-order valence-corrected chi connectivity index (χ0v) is 18.8. The van der Waals surface area contributed by atoms with Gasteiger partial charge in [0.2, 0.25) is 0 Å². The minimum Gasteiger partial charge on any atom is -0.463 e. The number of hydrogen-bond acceptors (Lipinski definition) is 5. The number of carbonyl (C=O) groups excluding carboxylic acids is 2. The van der Waals surface area contributed by atoms with Gasteiger partial charge in [-0.3, -0.25) is 0 Å². The third-order valence-corrected chi connectivity index (χ3v) is 5.67. The van der Waals surface area contributed by atoms with Crippen LogP contribution in [0.1, 0.15) is 37.1 Å². The van der Waals surface area contributed by atoms with E-state index in [0.29, 0.717) is 11.1 Å². The first-order chi connectivity index (χ1) is 16.2. The average Bonchev–Trinajstić information content (AvgIpc) is 3.22. The van der Waals surface area contributed by atoms with Gasteiger partial charge in [-0.15, -0.1) is 0 Å². The molecule has 4 rings (SSSR count). The van der Waals surface area contributed by atoms with Gasteiger partial charge < -0.3 is 14.4 Å². The van der Waals surface area contributed by atoms with Gasteiger partial charge in [0.05, 0.1) is 36.4 Å². The molecule has 0 unspecified atom stereocenters. The van der Waals surface area contributed by atoms with Gasteiger partial charge in [0.15, 0.2) is 0 Å². The number of rotatable bonds is 7. The summed E-state index contributed by atoms with van der Waals surface area (Å²) in [4.78, 5) is 28.9. The summed E-state index contributed by atoms with van der Waals surface area (Å²) in [6, 6.07) is 28.3. The highest BCUT2D eigenvalue weighted by atomic mass is 16.5. The Morgan fingerprint density at radius 1 is 0.636 bits per heavy atom. The van der Waals surface area contributed by atoms with E-state index in [1.165, 1.54) is 0 Å². The fourth-order valence-electron chi connectivity index (χ4n) is 4.41. The van der Waals surface area contributed by atoms with Crippen molar-refractivity contribution in [2.45, 2.75) is 25.9 Å². The molecule has 2 atom stereocenters. The number of carbonyl (C=O) groups is 2. The Morgan fingerprint density at radius 3 is 1.36 bits per heavy atom. The summed E-state index contributed by atoms with van der Waals surface area (Å²) in [6.45, 7) is 3.94. The van der Waals surface area contributed by atoms with Crippen molar-refractivity contribution in [3.8, 4) is 0 Å². The van der Waals surface area contributed by atoms with E-state index in [9.17, 15) is 9.59 Å². The number of hydrogen-bond donors (Lipinski definition) is 0. The second-order valence-electron chi connectivity index (χ2n) is 7.64. The van der Waals surface area contributed by atoms with Crippen LogP contribution in [0.25, 0.3) is 0 Å². The molecule has 3 aromatic carbocycles. The van der Waals surface area contributed by atoms with E-state index in [4.69, 9.17) is 9.47 Å². The van der Waals surface area contributed by atoms with Crippen molar-refractivity contribution in [1.82, 2.24) is 0 Å². The highest BCUT2D eigenvalue weighted by Gasteiger charge is 2.48. The highest BCUT2D eigenvalue weighted by molar-refractivity contribution is 6.05. The van der Waals surface area contributed by atoms with E-state index in [1.807, 2.05) is 91.0 Å². The Hall–Kier alpha value is -3.86. The van der Waals surface area contributed by atoms with Crippen LogP contribution in [0.3, 0.4) is 0 Å². The van der Waals surface area contributed by atoms with Crippen LogP contribution in [0.2, 0.25) is 0 Å². The van der Waals surface area contributed by atoms with Crippen molar-refractivity contribution >= 4 is 17.6 Å². The van der Waals surface area contributed by atoms with Crippen LogP contribution >= 0.6 is 0 Å². The fourth-order valence-corrected chi connectivity index (χ4v) is 4.41. The molecule has 0 N–H and O–H groups in total. The smallest absolute Gasteiger partial charge is 0.337 e. The summed E-state index contributed by atoms with van der Waals surface area (Å²) in [6.07, 6.45) is 0. The van der Waals surface area contributed by atoms with E-state index in [-0.39, 0.29) is 13.2 Å². The summed E-state index contributed by atoms with van der Waals surface area (Å²) < 4.78 is 10.9. The van der Waals surface area contributed by atoms with Crippen molar-refractivity contribution in [1.29, 1.82) is 0 Å². The van der Waals surface area contributed by atoms with Crippen molar-refractivity contribution in [2.75, 3.05) is 18.1 Å². The Balaban J connectivity index is 2.03. The summed E-state index contributed by atoms with van der Waals surface area (Å²) in [5.41, 5.74) is 3.31. The number of para-hydroxylation sites is 1. The van der Waals surface area contributed by atoms with Crippen LogP contribution in [0.4, 0.5) is 5.69 Å². The van der Waals surface area contributed by atoms with Gasteiger partial charge in [0.1, 0.15) is 0 Å². The zero-order chi connectivity index (χ0) is 23.2. The van der Waals surface area contributed by atoms with Crippen molar-refractivity contribution in [2.24, 2.45) is 0 Å². The molecule has 168 valence electrons. The second kappa shape index (κ2) is 10.2. The van der Waals surface area contributed by atoms with Crippen LogP contribution in [0.15, 0.2) is 102 Å². The molecule has 1 aliphatic heterocycles. The Morgan fingerprint density at radius 2 is 1.00 bits per heavy atom. The van der Waals surface area contributed by atoms with E-state index < -0.39 is 24.0 Å². The third-order valence-electron chi connectivity index (χ3n) is 5.67. The third kappa shape index (κ3) is 4.40. The van der Waals surface area contributed by atoms with E-state index in [0.717, 1.165) is 16.8 Å². The van der Waals surface area contributed by atoms with Gasteiger partial charge in [-0.2, -0.15) is 0 Å². The average molecular weight is 442 g/mol. The Bertz CT molecular complexity index is 1050. The molecule has 0 aromatic heterocycles. The molecule has 0 bridgehead atoms. The molecule has 5 nitrogen and oxygen atoms in total. The van der Waals surface area contributed by atoms with Gasteiger partial charge in [0, 0.05) is 5.69 Å². The molecule has 1 heterocycles. The molecular weight excluding hydrogens is 414 g/mol. The van der Waals surface area contributed by atoms with Crippen molar-refractivity contribution < 1.29 is 19.1 Å². The lowest BCUT2D eigenvalue weighted by Gasteiger charge is -2.34. The summed E-state index contributed by atoms with van der Waals surface area (Å²) in [7, 11) is 0. The standard InChI is InChI=1S/C28H27NO4/c1-3-32-27(30)23-24(28(31)33-4-2)26(21-16-10-6-11-17-21)29(22-18-12-7-13-19-22)25(23)20-14-8-5-9-15-20/h5-19,25-26H,3-4H2,1-2H3/t25-,26-/m0/s1. The zero-order valence-electron chi connectivity index (χ0n) is 18.8. The minimum atomic E-state index is -0.516. The molecule has 0 saturated carbocycles. The quantitative estimate of drug-likeness (QED) is 0.459. The Labute approximate surface area is 194 Å². The van der Waals surface area contributed by atoms with Crippen LogP contribution in [0, 0.1) is 0 Å². The van der Waals surface area contributed by atoms with E-state index in [2.05, 4.69) is 4.90 Å². The molecule has 3 aromatic rings. The Kier molecular flexibility index (Phi) is 6.89. The maximum Gasteiger partial charge on any atom is 0.337 e. The number of ether oxygens (including phenoxy) is 2. The van der Waals surface area contributed by atoms with Gasteiger partial charge in [-0.1, -0.05) is 78.9 Å². The van der Waals surface area contributed by atoms with Gasteiger partial charge in [-0.05, 0) is 37.1 Å². The van der Waals surface area contributed by atoms with E-state index in [1.54, 1.807) is 13.8 Å². The predicted molar refractivity (Wildman–Crippen MR) is 128 cm³/mol. The maximum atomic E-state index is 13.4. The summed E-state index contributed by atoms with van der Waals surface area (Å²) >= 11 is 0. The van der Waals surface area contributed by atoms with Crippen LogP contribution in [-0.2, 0) is 19.1 Å². The summed E-state index contributed by atoms with van der Waals surface area (Å²) in [5, 5.41) is 0. The molecular formula is C28H27NO4. The molecule has 0 amide bonds. The molecule has 33 heavy (non-hydrogen) atoms. The second-order valence-corrected chi connectivity index (χ2v) is 7.64.